The molecule has 3 aromatic rings. The molecule has 0 saturated carbocycles. The Morgan fingerprint density at radius 2 is 1.56 bits per heavy atom. The fraction of sp³-hybridized carbons (Fsp3) is 0.241. The topological polar surface area (TPSA) is 108 Å². The number of amides is 2. The van der Waals surface area contributed by atoms with Crippen LogP contribution >= 0.6 is 11.6 Å². The van der Waals surface area contributed by atoms with Crippen LogP contribution in [0, 0.1) is 0 Å². The number of ether oxygens (including phenoxy) is 4. The lowest BCUT2D eigenvalue weighted by Crippen LogP contribution is -2.42. The number of hydrogen-bond acceptors (Lipinski definition) is 8. The number of imide groups is 1. The lowest BCUT2D eigenvalue weighted by molar-refractivity contribution is -0.156. The van der Waals surface area contributed by atoms with E-state index in [4.69, 9.17) is 30.5 Å². The van der Waals surface area contributed by atoms with Gasteiger partial charge in [-0.1, -0.05) is 48.0 Å². The zero-order chi connectivity index (χ0) is 31.4. The summed E-state index contributed by atoms with van der Waals surface area (Å²) in [4.78, 5) is 50.3. The molecule has 0 aliphatic carbocycles. The van der Waals surface area contributed by atoms with Crippen LogP contribution in [0.3, 0.4) is 0 Å². The number of esters is 2. The summed E-state index contributed by atoms with van der Waals surface area (Å²) in [6.45, 7) is -1.10. The van der Waals surface area contributed by atoms with Gasteiger partial charge in [-0.2, -0.15) is 13.2 Å². The van der Waals surface area contributed by atoms with Crippen LogP contribution in [0.15, 0.2) is 66.7 Å². The van der Waals surface area contributed by atoms with E-state index in [1.54, 1.807) is 30.3 Å². The van der Waals surface area contributed by atoms with Crippen LogP contribution in [0.25, 0.3) is 0 Å². The Morgan fingerprint density at radius 3 is 2.21 bits per heavy atom. The molecule has 14 heteroatoms. The Balaban J connectivity index is 1.46. The largest absolute Gasteiger partial charge is 0.496 e. The predicted molar refractivity (Wildman–Crippen MR) is 142 cm³/mol. The van der Waals surface area contributed by atoms with Crippen molar-refractivity contribution in [3.8, 4) is 5.75 Å². The fourth-order valence-electron chi connectivity index (χ4n) is 4.25. The first-order valence-corrected chi connectivity index (χ1v) is 12.8. The monoisotopic (exact) mass is 623 g/mol. The van der Waals surface area contributed by atoms with Crippen LogP contribution in [0.4, 0.5) is 28.0 Å². The van der Waals surface area contributed by atoms with Gasteiger partial charge < -0.3 is 18.9 Å². The van der Waals surface area contributed by atoms with E-state index < -0.39 is 71.4 Å². The van der Waals surface area contributed by atoms with Crippen molar-refractivity contribution in [1.29, 1.82) is 0 Å². The smallest absolute Gasteiger partial charge is 0.424 e. The number of carbonyl (C=O) groups excluding carboxylic acids is 4. The van der Waals surface area contributed by atoms with Crippen molar-refractivity contribution in [2.75, 3.05) is 18.8 Å². The Bertz CT molecular complexity index is 1550. The molecular formula is C29H22ClF4NO8. The maximum atomic E-state index is 16.7. The first-order valence-electron chi connectivity index (χ1n) is 12.5. The summed E-state index contributed by atoms with van der Waals surface area (Å²) in [7, 11) is 1.17. The highest BCUT2D eigenvalue weighted by atomic mass is 35.5. The molecule has 0 spiro atoms. The van der Waals surface area contributed by atoms with Gasteiger partial charge in [-0.05, 0) is 35.9 Å². The van der Waals surface area contributed by atoms with Gasteiger partial charge in [0.05, 0.1) is 31.2 Å². The van der Waals surface area contributed by atoms with E-state index in [0.717, 1.165) is 17.7 Å². The number of fused-ring (bicyclic) bond motifs is 1. The van der Waals surface area contributed by atoms with Crippen LogP contribution in [-0.4, -0.2) is 37.8 Å². The van der Waals surface area contributed by atoms with Crippen molar-refractivity contribution < 1.29 is 55.7 Å². The van der Waals surface area contributed by atoms with Gasteiger partial charge in [0, 0.05) is 16.1 Å². The van der Waals surface area contributed by atoms with Crippen LogP contribution < -0.4 is 9.64 Å². The Morgan fingerprint density at radius 1 is 0.884 bits per heavy atom. The number of nitrogens with zero attached hydrogens (tertiary/aromatic N) is 1. The number of halogens is 5. The molecule has 1 unspecified atom stereocenters. The molecule has 0 saturated heterocycles. The molecule has 226 valence electrons. The van der Waals surface area contributed by atoms with Gasteiger partial charge in [0.1, 0.15) is 12.4 Å². The molecule has 1 aliphatic heterocycles. The van der Waals surface area contributed by atoms with Gasteiger partial charge >= 0.3 is 24.2 Å². The second-order valence-corrected chi connectivity index (χ2v) is 9.50. The van der Waals surface area contributed by atoms with Crippen molar-refractivity contribution in [3.05, 3.63) is 94.0 Å². The lowest BCUT2D eigenvalue weighted by Gasteiger charge is -2.22. The Labute approximate surface area is 246 Å². The van der Waals surface area contributed by atoms with Crippen molar-refractivity contribution >= 4 is 41.2 Å². The van der Waals surface area contributed by atoms with Crippen LogP contribution in [-0.2, 0) is 47.0 Å². The Hall–Kier alpha value is -4.65. The zero-order valence-electron chi connectivity index (χ0n) is 22.3. The molecule has 0 fully saturated rings. The van der Waals surface area contributed by atoms with Gasteiger partial charge in [-0.3, -0.25) is 14.4 Å². The molecule has 9 nitrogen and oxygen atoms in total. The van der Waals surface area contributed by atoms with Crippen LogP contribution in [0.2, 0.25) is 5.02 Å². The quantitative estimate of drug-likeness (QED) is 0.160. The number of rotatable bonds is 9. The second-order valence-electron chi connectivity index (χ2n) is 9.06. The van der Waals surface area contributed by atoms with Crippen LogP contribution in [0.1, 0.15) is 35.1 Å². The van der Waals surface area contributed by atoms with Crippen molar-refractivity contribution in [3.63, 3.8) is 0 Å². The molecule has 4 rings (SSSR count). The third kappa shape index (κ3) is 6.72. The summed E-state index contributed by atoms with van der Waals surface area (Å²) < 4.78 is 76.9. The standard InChI is InChI=1S/C29H22ClF4NO8/c1-40-23-10-8-19(30)14-21(23)28(31)20-9-7-18(29(32,33)34)13-22(20)35(26(28)38)27(39)43-16-42-25(37)12-11-24(36)41-15-17-5-3-2-4-6-17/h2-10,13-14H,11-12,15-16H2,1H3. The first kappa shape index (κ1) is 31.3. The van der Waals surface area contributed by atoms with E-state index in [9.17, 15) is 32.3 Å². The highest BCUT2D eigenvalue weighted by Gasteiger charge is 2.57. The van der Waals surface area contributed by atoms with E-state index in [2.05, 4.69) is 0 Å². The second kappa shape index (κ2) is 12.7. The molecule has 0 bridgehead atoms. The lowest BCUT2D eigenvalue weighted by atomic mass is 9.88. The molecule has 1 aliphatic rings. The number of hydrogen-bond donors (Lipinski definition) is 0. The molecular weight excluding hydrogens is 602 g/mol. The SMILES string of the molecule is COc1ccc(Cl)cc1C1(F)C(=O)N(C(=O)OCOC(=O)CCC(=O)OCc2ccccc2)c2cc(C(F)(F)F)ccc21. The Kier molecular flexibility index (Phi) is 9.24. The van der Waals surface area contributed by atoms with E-state index >= 15 is 4.39 Å². The maximum absolute atomic E-state index is 16.7. The summed E-state index contributed by atoms with van der Waals surface area (Å²) in [5.74, 6) is -3.47. The van der Waals surface area contributed by atoms with E-state index in [1.165, 1.54) is 19.2 Å². The minimum absolute atomic E-state index is 0.00908. The average Bonchev–Trinajstić information content (AvgIpc) is 3.21. The van der Waals surface area contributed by atoms with E-state index in [1.807, 2.05) is 0 Å². The number of alkyl halides is 4. The predicted octanol–water partition coefficient (Wildman–Crippen LogP) is 6.09. The normalized spacial score (nSPS) is 16.0. The summed E-state index contributed by atoms with van der Waals surface area (Å²) in [6.07, 6.45) is -7.33. The number of benzene rings is 3. The van der Waals surface area contributed by atoms with Gasteiger partial charge in [0.15, 0.2) is 0 Å². The summed E-state index contributed by atoms with van der Waals surface area (Å²) in [6, 6.07) is 14.1. The van der Waals surface area contributed by atoms with E-state index in [0.29, 0.717) is 12.1 Å². The minimum atomic E-state index is -4.90. The van der Waals surface area contributed by atoms with Gasteiger partial charge in [-0.25, -0.2) is 14.1 Å². The number of carbonyl (C=O) groups is 4. The molecule has 43 heavy (non-hydrogen) atoms. The zero-order valence-corrected chi connectivity index (χ0v) is 23.0. The average molecular weight is 624 g/mol. The molecule has 3 aromatic carbocycles. The van der Waals surface area contributed by atoms with Gasteiger partial charge in [0.2, 0.25) is 12.5 Å². The highest BCUT2D eigenvalue weighted by molar-refractivity contribution is 6.31. The maximum Gasteiger partial charge on any atom is 0.424 e. The molecule has 1 atom stereocenters. The summed E-state index contributed by atoms with van der Waals surface area (Å²) >= 11 is 6.00. The molecule has 0 N–H and O–H groups in total. The molecule has 0 radical (unpaired) electrons. The van der Waals surface area contributed by atoms with Gasteiger partial charge in [-0.15, -0.1) is 0 Å². The third-order valence-corrected chi connectivity index (χ3v) is 6.56. The first-order chi connectivity index (χ1) is 20.4. The third-order valence-electron chi connectivity index (χ3n) is 6.33. The van der Waals surface area contributed by atoms with Crippen molar-refractivity contribution in [1.82, 2.24) is 0 Å². The van der Waals surface area contributed by atoms with Gasteiger partial charge in [0.25, 0.3) is 5.91 Å². The van der Waals surface area contributed by atoms with E-state index in [-0.39, 0.29) is 28.7 Å². The van der Waals surface area contributed by atoms with Crippen LogP contribution in [0.5, 0.6) is 5.75 Å². The highest BCUT2D eigenvalue weighted by Crippen LogP contribution is 2.51. The minimum Gasteiger partial charge on any atom is -0.496 e. The summed E-state index contributed by atoms with van der Waals surface area (Å²) in [5.41, 5.74) is -5.56. The van der Waals surface area contributed by atoms with Crippen molar-refractivity contribution in [2.45, 2.75) is 31.3 Å². The number of anilines is 1. The molecule has 1 heterocycles. The molecule has 0 aromatic heterocycles. The summed E-state index contributed by atoms with van der Waals surface area (Å²) in [5, 5.41) is -0.0222. The number of methoxy groups -OCH3 is 1. The fourth-order valence-corrected chi connectivity index (χ4v) is 4.42. The molecule has 2 amide bonds. The van der Waals surface area contributed by atoms with Crippen molar-refractivity contribution in [2.24, 2.45) is 0 Å².